The van der Waals surface area contributed by atoms with Gasteiger partial charge in [-0.2, -0.15) is 0 Å². The van der Waals surface area contributed by atoms with Gasteiger partial charge in [0.1, 0.15) is 12.3 Å². The summed E-state index contributed by atoms with van der Waals surface area (Å²) in [4.78, 5) is 24.2. The third-order valence-corrected chi connectivity index (χ3v) is 2.83. The van der Waals surface area contributed by atoms with Crippen LogP contribution in [0.5, 0.6) is 5.75 Å². The zero-order chi connectivity index (χ0) is 15.3. The molecule has 0 radical (unpaired) electrons. The standard InChI is InChI=1S/C14H18ClNO4/c1-14(2,3)16(8-13(18)19)12(17)9-20-11-6-4-10(15)5-7-11/h4-7H,8-9H2,1-3H3,(H,18,19). The van der Waals surface area contributed by atoms with Gasteiger partial charge in [-0.3, -0.25) is 9.59 Å². The summed E-state index contributed by atoms with van der Waals surface area (Å²) in [6.45, 7) is 4.75. The maximum absolute atomic E-state index is 12.1. The number of carbonyl (C=O) groups is 2. The number of hydrogen-bond donors (Lipinski definition) is 1. The van der Waals surface area contributed by atoms with Crippen LogP contribution in [0, 0.1) is 0 Å². The highest BCUT2D eigenvalue weighted by Crippen LogP contribution is 2.17. The number of aliphatic carboxylic acids is 1. The first-order valence-electron chi connectivity index (χ1n) is 6.11. The van der Waals surface area contributed by atoms with E-state index in [1.807, 2.05) is 0 Å². The molecule has 0 saturated heterocycles. The summed E-state index contributed by atoms with van der Waals surface area (Å²) in [6, 6.07) is 6.60. The quantitative estimate of drug-likeness (QED) is 0.907. The molecule has 0 spiro atoms. The normalized spacial score (nSPS) is 11.0. The van der Waals surface area contributed by atoms with Gasteiger partial charge in [0.25, 0.3) is 5.91 Å². The third kappa shape index (κ3) is 5.09. The molecule has 0 aliphatic heterocycles. The zero-order valence-electron chi connectivity index (χ0n) is 11.7. The monoisotopic (exact) mass is 299 g/mol. The molecule has 1 rings (SSSR count). The summed E-state index contributed by atoms with van der Waals surface area (Å²) < 4.78 is 5.34. The molecular formula is C14H18ClNO4. The Morgan fingerprint density at radius 3 is 2.25 bits per heavy atom. The molecule has 0 unspecified atom stereocenters. The fraction of sp³-hybridized carbons (Fsp3) is 0.429. The molecule has 0 saturated carbocycles. The van der Waals surface area contributed by atoms with Crippen LogP contribution in [0.1, 0.15) is 20.8 Å². The molecule has 0 heterocycles. The largest absolute Gasteiger partial charge is 0.484 e. The number of rotatable bonds is 5. The fourth-order valence-corrected chi connectivity index (χ4v) is 1.71. The Balaban J connectivity index is 2.67. The molecule has 0 fully saturated rings. The Morgan fingerprint density at radius 1 is 1.25 bits per heavy atom. The van der Waals surface area contributed by atoms with Crippen LogP contribution in [-0.4, -0.2) is 40.6 Å². The molecule has 0 aromatic heterocycles. The molecule has 1 amide bonds. The van der Waals surface area contributed by atoms with E-state index < -0.39 is 11.5 Å². The molecule has 1 aromatic carbocycles. The van der Waals surface area contributed by atoms with E-state index in [0.29, 0.717) is 10.8 Å². The molecule has 1 aromatic rings. The molecule has 1 N–H and O–H groups in total. The number of carboxylic acids is 1. The summed E-state index contributed by atoms with van der Waals surface area (Å²) in [7, 11) is 0. The van der Waals surface area contributed by atoms with Crippen LogP contribution in [0.3, 0.4) is 0 Å². The van der Waals surface area contributed by atoms with Crippen LogP contribution >= 0.6 is 11.6 Å². The minimum absolute atomic E-state index is 0.216. The number of halogens is 1. The Hall–Kier alpha value is -1.75. The molecule has 0 bridgehead atoms. The van der Waals surface area contributed by atoms with E-state index in [2.05, 4.69) is 0 Å². The van der Waals surface area contributed by atoms with Crippen LogP contribution in [0.2, 0.25) is 5.02 Å². The third-order valence-electron chi connectivity index (χ3n) is 2.58. The van der Waals surface area contributed by atoms with Crippen molar-refractivity contribution >= 4 is 23.5 Å². The van der Waals surface area contributed by atoms with Crippen molar-refractivity contribution in [2.24, 2.45) is 0 Å². The van der Waals surface area contributed by atoms with E-state index in [0.717, 1.165) is 0 Å². The zero-order valence-corrected chi connectivity index (χ0v) is 12.5. The summed E-state index contributed by atoms with van der Waals surface area (Å²) >= 11 is 5.75. The second-order valence-electron chi connectivity index (χ2n) is 5.29. The molecule has 0 aliphatic rings. The number of ether oxygens (including phenoxy) is 1. The van der Waals surface area contributed by atoms with Gasteiger partial charge in [0, 0.05) is 10.6 Å². The summed E-state index contributed by atoms with van der Waals surface area (Å²) in [6.07, 6.45) is 0. The Kier molecular flexibility index (Phi) is 5.39. The number of hydrogen-bond acceptors (Lipinski definition) is 3. The number of benzene rings is 1. The number of carboxylic acid groups (broad SMARTS) is 1. The number of amides is 1. The van der Waals surface area contributed by atoms with Crippen LogP contribution in [0.15, 0.2) is 24.3 Å². The first kappa shape index (κ1) is 16.3. The molecule has 5 nitrogen and oxygen atoms in total. The smallest absolute Gasteiger partial charge is 0.323 e. The minimum Gasteiger partial charge on any atom is -0.484 e. The highest BCUT2D eigenvalue weighted by Gasteiger charge is 2.28. The maximum Gasteiger partial charge on any atom is 0.323 e. The van der Waals surface area contributed by atoms with Gasteiger partial charge in [0.2, 0.25) is 0 Å². The van der Waals surface area contributed by atoms with Gasteiger partial charge in [0.05, 0.1) is 0 Å². The SMILES string of the molecule is CC(C)(C)N(CC(=O)O)C(=O)COc1ccc(Cl)cc1. The van der Waals surface area contributed by atoms with E-state index in [1.54, 1.807) is 45.0 Å². The lowest BCUT2D eigenvalue weighted by molar-refractivity contribution is -0.149. The molecular weight excluding hydrogens is 282 g/mol. The van der Waals surface area contributed by atoms with Crippen molar-refractivity contribution in [3.63, 3.8) is 0 Å². The van der Waals surface area contributed by atoms with E-state index in [4.69, 9.17) is 21.4 Å². The Bertz CT molecular complexity index is 479. The first-order valence-corrected chi connectivity index (χ1v) is 6.48. The van der Waals surface area contributed by atoms with Crippen molar-refractivity contribution in [1.82, 2.24) is 4.90 Å². The average Bonchev–Trinajstić information content (AvgIpc) is 2.33. The van der Waals surface area contributed by atoms with Gasteiger partial charge in [0.15, 0.2) is 6.61 Å². The molecule has 0 atom stereocenters. The second kappa shape index (κ2) is 6.61. The Labute approximate surface area is 123 Å². The van der Waals surface area contributed by atoms with Crippen molar-refractivity contribution in [1.29, 1.82) is 0 Å². The van der Waals surface area contributed by atoms with Crippen molar-refractivity contribution in [3.05, 3.63) is 29.3 Å². The van der Waals surface area contributed by atoms with Crippen molar-refractivity contribution in [3.8, 4) is 5.75 Å². The van der Waals surface area contributed by atoms with Gasteiger partial charge in [-0.15, -0.1) is 0 Å². The van der Waals surface area contributed by atoms with Crippen molar-refractivity contribution in [2.45, 2.75) is 26.3 Å². The Morgan fingerprint density at radius 2 is 1.80 bits per heavy atom. The number of nitrogens with zero attached hydrogens (tertiary/aromatic N) is 1. The molecule has 6 heteroatoms. The van der Waals surface area contributed by atoms with Gasteiger partial charge >= 0.3 is 5.97 Å². The molecule has 0 aliphatic carbocycles. The minimum atomic E-state index is -1.06. The van der Waals surface area contributed by atoms with E-state index >= 15 is 0 Å². The highest BCUT2D eigenvalue weighted by atomic mass is 35.5. The molecule has 20 heavy (non-hydrogen) atoms. The van der Waals surface area contributed by atoms with Crippen LogP contribution in [0.25, 0.3) is 0 Å². The van der Waals surface area contributed by atoms with Gasteiger partial charge in [-0.05, 0) is 45.0 Å². The van der Waals surface area contributed by atoms with E-state index in [-0.39, 0.29) is 19.1 Å². The summed E-state index contributed by atoms with van der Waals surface area (Å²) in [5, 5.41) is 9.44. The highest BCUT2D eigenvalue weighted by molar-refractivity contribution is 6.30. The van der Waals surface area contributed by atoms with Crippen molar-refractivity contribution < 1.29 is 19.4 Å². The first-order chi connectivity index (χ1) is 9.20. The summed E-state index contributed by atoms with van der Waals surface area (Å²) in [5.41, 5.74) is -0.584. The lowest BCUT2D eigenvalue weighted by atomic mass is 10.1. The van der Waals surface area contributed by atoms with Gasteiger partial charge in [-0.25, -0.2) is 0 Å². The predicted octanol–water partition coefficient (Wildman–Crippen LogP) is 2.43. The fourth-order valence-electron chi connectivity index (χ4n) is 1.59. The van der Waals surface area contributed by atoms with Crippen LogP contribution < -0.4 is 4.74 Å². The van der Waals surface area contributed by atoms with Crippen LogP contribution in [-0.2, 0) is 9.59 Å². The lowest BCUT2D eigenvalue weighted by Gasteiger charge is -2.34. The average molecular weight is 300 g/mol. The lowest BCUT2D eigenvalue weighted by Crippen LogP contribution is -2.50. The van der Waals surface area contributed by atoms with E-state index in [9.17, 15) is 9.59 Å². The van der Waals surface area contributed by atoms with Gasteiger partial charge in [-0.1, -0.05) is 11.6 Å². The van der Waals surface area contributed by atoms with Crippen LogP contribution in [0.4, 0.5) is 0 Å². The second-order valence-corrected chi connectivity index (χ2v) is 5.72. The topological polar surface area (TPSA) is 66.8 Å². The van der Waals surface area contributed by atoms with E-state index in [1.165, 1.54) is 4.90 Å². The van der Waals surface area contributed by atoms with Crippen molar-refractivity contribution in [2.75, 3.05) is 13.2 Å². The molecule has 110 valence electrons. The number of carbonyl (C=O) groups excluding carboxylic acids is 1. The predicted molar refractivity (Wildman–Crippen MR) is 76.0 cm³/mol. The van der Waals surface area contributed by atoms with Gasteiger partial charge < -0.3 is 14.7 Å². The summed E-state index contributed by atoms with van der Waals surface area (Å²) in [5.74, 6) is -0.929. The maximum atomic E-state index is 12.1.